The topological polar surface area (TPSA) is 9.23 Å². The molecule has 1 aromatic carbocycles. The smallest absolute Gasteiger partial charge is 0.387 e. The van der Waals surface area contributed by atoms with E-state index in [0.29, 0.717) is 18.3 Å². The molecule has 2 saturated carbocycles. The first-order chi connectivity index (χ1) is 15.0. The van der Waals surface area contributed by atoms with Crippen molar-refractivity contribution in [2.45, 2.75) is 83.7 Å². The molecule has 0 saturated heterocycles. The Morgan fingerprint density at radius 1 is 0.968 bits per heavy atom. The van der Waals surface area contributed by atoms with Gasteiger partial charge in [-0.15, -0.1) is 0 Å². The van der Waals surface area contributed by atoms with Gasteiger partial charge in [-0.25, -0.2) is 4.39 Å². The summed E-state index contributed by atoms with van der Waals surface area (Å²) in [5.41, 5.74) is 0.846. The molecule has 2 fully saturated rings. The van der Waals surface area contributed by atoms with Crippen LogP contribution in [0.3, 0.4) is 0 Å². The SMILES string of the molecule is FCCCC=CC1CCC(C2CCC(CCc3ccc(OC(F)F)c(F)c3)CC2)CC1. The van der Waals surface area contributed by atoms with Crippen molar-refractivity contribution in [1.29, 1.82) is 0 Å². The van der Waals surface area contributed by atoms with Gasteiger partial charge in [0.2, 0.25) is 0 Å². The molecule has 31 heavy (non-hydrogen) atoms. The van der Waals surface area contributed by atoms with Gasteiger partial charge in [-0.3, -0.25) is 4.39 Å². The maximum absolute atomic E-state index is 13.9. The average molecular weight is 441 g/mol. The third-order valence-corrected chi connectivity index (χ3v) is 7.34. The van der Waals surface area contributed by atoms with Crippen LogP contribution in [0.1, 0.15) is 76.2 Å². The van der Waals surface area contributed by atoms with Crippen molar-refractivity contribution in [3.8, 4) is 5.75 Å². The second-order valence-corrected chi connectivity index (χ2v) is 9.40. The van der Waals surface area contributed by atoms with Gasteiger partial charge < -0.3 is 4.74 Å². The Kier molecular flexibility index (Phi) is 9.73. The summed E-state index contributed by atoms with van der Waals surface area (Å²) in [4.78, 5) is 0. The van der Waals surface area contributed by atoms with Crippen molar-refractivity contribution < 1.29 is 22.3 Å². The molecule has 1 aromatic rings. The van der Waals surface area contributed by atoms with Crippen LogP contribution in [0.25, 0.3) is 0 Å². The molecule has 5 heteroatoms. The van der Waals surface area contributed by atoms with E-state index in [1.165, 1.54) is 63.5 Å². The number of hydrogen-bond donors (Lipinski definition) is 0. The predicted molar refractivity (Wildman–Crippen MR) is 117 cm³/mol. The normalized spacial score (nSPS) is 27.1. The first-order valence-corrected chi connectivity index (χ1v) is 12.0. The second-order valence-electron chi connectivity index (χ2n) is 9.40. The molecule has 0 radical (unpaired) electrons. The van der Waals surface area contributed by atoms with Gasteiger partial charge in [0.15, 0.2) is 11.6 Å². The number of unbranched alkanes of at least 4 members (excludes halogenated alkanes) is 1. The third kappa shape index (κ3) is 7.84. The van der Waals surface area contributed by atoms with Crippen molar-refractivity contribution in [2.24, 2.45) is 23.7 Å². The summed E-state index contributed by atoms with van der Waals surface area (Å²) in [5, 5.41) is 0. The molecule has 0 N–H and O–H groups in total. The molecule has 0 spiro atoms. The molecule has 0 bridgehead atoms. The van der Waals surface area contributed by atoms with Gasteiger partial charge in [0.1, 0.15) is 0 Å². The summed E-state index contributed by atoms with van der Waals surface area (Å²) >= 11 is 0. The van der Waals surface area contributed by atoms with Crippen molar-refractivity contribution >= 4 is 0 Å². The van der Waals surface area contributed by atoms with Crippen LogP contribution in [0, 0.1) is 29.5 Å². The molecular formula is C26H36F4O. The Balaban J connectivity index is 1.35. The zero-order chi connectivity index (χ0) is 22.1. The number of halogens is 4. The van der Waals surface area contributed by atoms with Crippen LogP contribution in [0.4, 0.5) is 17.6 Å². The Morgan fingerprint density at radius 3 is 2.26 bits per heavy atom. The van der Waals surface area contributed by atoms with Crippen LogP contribution in [0.15, 0.2) is 30.4 Å². The van der Waals surface area contributed by atoms with E-state index in [1.807, 2.05) is 0 Å². The van der Waals surface area contributed by atoms with E-state index >= 15 is 0 Å². The van der Waals surface area contributed by atoms with E-state index in [1.54, 1.807) is 6.07 Å². The lowest BCUT2D eigenvalue weighted by molar-refractivity contribution is -0.0522. The van der Waals surface area contributed by atoms with E-state index in [0.717, 1.165) is 36.7 Å². The lowest BCUT2D eigenvalue weighted by Gasteiger charge is -2.37. The standard InChI is InChI=1S/C26H36F4O/c27-17-3-1-2-4-19-7-12-22(13-8-19)23-14-9-20(10-15-23)5-6-21-11-16-25(24(28)18-21)31-26(29)30/h2,4,11,16,18-20,22-23,26H,1,3,5-10,12-15,17H2. The van der Waals surface area contributed by atoms with Crippen molar-refractivity contribution in [1.82, 2.24) is 0 Å². The van der Waals surface area contributed by atoms with Crippen molar-refractivity contribution in [3.63, 3.8) is 0 Å². The Morgan fingerprint density at radius 2 is 1.65 bits per heavy atom. The van der Waals surface area contributed by atoms with Crippen molar-refractivity contribution in [2.75, 3.05) is 6.67 Å². The number of benzene rings is 1. The Hall–Kier alpha value is -1.52. The van der Waals surface area contributed by atoms with Gasteiger partial charge in [-0.1, -0.05) is 31.1 Å². The molecule has 0 amide bonds. The van der Waals surface area contributed by atoms with Gasteiger partial charge in [0, 0.05) is 0 Å². The van der Waals surface area contributed by atoms with Crippen LogP contribution in [0.5, 0.6) is 5.75 Å². The predicted octanol–water partition coefficient (Wildman–Crippen LogP) is 8.28. The largest absolute Gasteiger partial charge is 0.432 e. The highest BCUT2D eigenvalue weighted by molar-refractivity contribution is 5.29. The maximum atomic E-state index is 13.9. The van der Waals surface area contributed by atoms with E-state index in [-0.39, 0.29) is 12.4 Å². The minimum absolute atomic E-state index is 0.223. The first kappa shape index (κ1) is 24.1. The van der Waals surface area contributed by atoms with Gasteiger partial charge >= 0.3 is 6.61 Å². The summed E-state index contributed by atoms with van der Waals surface area (Å²) in [6.07, 6.45) is 18.0. The molecule has 0 aromatic heterocycles. The highest BCUT2D eigenvalue weighted by Gasteiger charge is 2.30. The zero-order valence-electron chi connectivity index (χ0n) is 18.4. The number of allylic oxidation sites excluding steroid dienone is 2. The molecular weight excluding hydrogens is 404 g/mol. The molecule has 0 aliphatic heterocycles. The van der Waals surface area contributed by atoms with E-state index in [9.17, 15) is 17.6 Å². The molecule has 2 aliphatic carbocycles. The van der Waals surface area contributed by atoms with E-state index < -0.39 is 12.4 Å². The quantitative estimate of drug-likeness (QED) is 0.202. The summed E-state index contributed by atoms with van der Waals surface area (Å²) in [7, 11) is 0. The van der Waals surface area contributed by atoms with Crippen LogP contribution in [0.2, 0.25) is 0 Å². The van der Waals surface area contributed by atoms with Crippen LogP contribution in [-0.2, 0) is 6.42 Å². The Bertz CT molecular complexity index is 674. The molecule has 0 unspecified atom stereocenters. The molecule has 2 aliphatic rings. The fourth-order valence-electron chi connectivity index (χ4n) is 5.50. The van der Waals surface area contributed by atoms with Gasteiger partial charge in [-0.05, 0) is 106 Å². The fraction of sp³-hybridized carbons (Fsp3) is 0.692. The fourth-order valence-corrected chi connectivity index (χ4v) is 5.50. The zero-order valence-corrected chi connectivity index (χ0v) is 18.4. The van der Waals surface area contributed by atoms with Crippen LogP contribution >= 0.6 is 0 Å². The minimum atomic E-state index is -3.01. The summed E-state index contributed by atoms with van der Waals surface area (Å²) in [6, 6.07) is 4.32. The van der Waals surface area contributed by atoms with Crippen LogP contribution in [-0.4, -0.2) is 13.3 Å². The maximum Gasteiger partial charge on any atom is 0.387 e. The van der Waals surface area contributed by atoms with Gasteiger partial charge in [0.05, 0.1) is 6.67 Å². The molecule has 1 nitrogen and oxygen atoms in total. The molecule has 0 atom stereocenters. The molecule has 0 heterocycles. The lowest BCUT2D eigenvalue weighted by Crippen LogP contribution is -2.25. The number of rotatable bonds is 10. The van der Waals surface area contributed by atoms with Gasteiger partial charge in [-0.2, -0.15) is 8.78 Å². The Labute approximate surface area is 184 Å². The van der Waals surface area contributed by atoms with E-state index in [2.05, 4.69) is 16.9 Å². The molecule has 3 rings (SSSR count). The highest BCUT2D eigenvalue weighted by Crippen LogP contribution is 2.42. The minimum Gasteiger partial charge on any atom is -0.432 e. The molecule has 174 valence electrons. The number of ether oxygens (including phenoxy) is 1. The monoisotopic (exact) mass is 440 g/mol. The van der Waals surface area contributed by atoms with E-state index in [4.69, 9.17) is 0 Å². The number of alkyl halides is 3. The summed E-state index contributed by atoms with van der Waals surface area (Å²) in [5.74, 6) is 1.96. The number of aryl methyl sites for hydroxylation is 1. The third-order valence-electron chi connectivity index (χ3n) is 7.34. The average Bonchev–Trinajstić information content (AvgIpc) is 2.77. The van der Waals surface area contributed by atoms with Gasteiger partial charge in [0.25, 0.3) is 0 Å². The first-order valence-electron chi connectivity index (χ1n) is 12.0. The van der Waals surface area contributed by atoms with Crippen molar-refractivity contribution in [3.05, 3.63) is 41.7 Å². The second kappa shape index (κ2) is 12.5. The number of hydrogen-bond acceptors (Lipinski definition) is 1. The summed E-state index contributed by atoms with van der Waals surface area (Å²) < 4.78 is 54.7. The highest BCUT2D eigenvalue weighted by atomic mass is 19.3. The summed E-state index contributed by atoms with van der Waals surface area (Å²) in [6.45, 7) is -3.23. The van der Waals surface area contributed by atoms with Crippen LogP contribution < -0.4 is 4.74 Å². The lowest BCUT2D eigenvalue weighted by atomic mass is 9.68.